The predicted octanol–water partition coefficient (Wildman–Crippen LogP) is 3.00. The Hall–Kier alpha value is -1.43. The van der Waals surface area contributed by atoms with E-state index in [1.54, 1.807) is 26.8 Å². The Morgan fingerprint density at radius 1 is 1.47 bits per heavy atom. The highest BCUT2D eigenvalue weighted by atomic mass is 79.9. The van der Waals surface area contributed by atoms with Crippen LogP contribution in [-0.2, 0) is 4.74 Å². The fourth-order valence-electron chi connectivity index (χ4n) is 1.01. The van der Waals surface area contributed by atoms with Crippen LogP contribution in [0.1, 0.15) is 31.1 Å². The van der Waals surface area contributed by atoms with E-state index in [1.165, 1.54) is 6.07 Å². The number of anilines is 1. The minimum absolute atomic E-state index is 0.316. The van der Waals surface area contributed by atoms with Gasteiger partial charge >= 0.3 is 6.09 Å². The summed E-state index contributed by atoms with van der Waals surface area (Å²) in [6.07, 6.45) is 0.0877. The molecule has 0 saturated carbocycles. The second-order valence-electron chi connectivity index (χ2n) is 4.32. The SMILES string of the molecule is CC(C)(C)OC(=O)Nc1ccc(C=O)c(Br)n1. The number of pyridine rings is 1. The molecule has 17 heavy (non-hydrogen) atoms. The fraction of sp³-hybridized carbons (Fsp3) is 0.364. The Morgan fingerprint density at radius 3 is 2.59 bits per heavy atom. The lowest BCUT2D eigenvalue weighted by molar-refractivity contribution is 0.0635. The standard InChI is InChI=1S/C11H13BrN2O3/c1-11(2,3)17-10(16)14-8-5-4-7(6-15)9(12)13-8/h4-6H,1-3H3,(H,13,14,16). The summed E-state index contributed by atoms with van der Waals surface area (Å²) in [5, 5.41) is 2.47. The molecule has 0 fully saturated rings. The summed E-state index contributed by atoms with van der Waals surface area (Å²) in [5.74, 6) is 0.316. The normalized spacial score (nSPS) is 10.8. The Balaban J connectivity index is 2.73. The first kappa shape index (κ1) is 13.6. The minimum atomic E-state index is -0.587. The van der Waals surface area contributed by atoms with Crippen molar-refractivity contribution in [2.24, 2.45) is 0 Å². The first-order chi connectivity index (χ1) is 7.81. The highest BCUT2D eigenvalue weighted by Gasteiger charge is 2.16. The molecule has 1 heterocycles. The van der Waals surface area contributed by atoms with Crippen molar-refractivity contribution in [3.05, 3.63) is 22.3 Å². The summed E-state index contributed by atoms with van der Waals surface area (Å²) in [6.45, 7) is 5.31. The molecule has 0 bridgehead atoms. The van der Waals surface area contributed by atoms with Gasteiger partial charge in [0.05, 0.1) is 0 Å². The average molecular weight is 301 g/mol. The van der Waals surface area contributed by atoms with Crippen LogP contribution in [0.15, 0.2) is 16.7 Å². The molecule has 0 radical (unpaired) electrons. The fourth-order valence-corrected chi connectivity index (χ4v) is 1.43. The summed E-state index contributed by atoms with van der Waals surface area (Å²) in [7, 11) is 0. The summed E-state index contributed by atoms with van der Waals surface area (Å²) in [5.41, 5.74) is -0.149. The number of nitrogens with one attached hydrogen (secondary N) is 1. The molecule has 0 unspecified atom stereocenters. The van der Waals surface area contributed by atoms with E-state index in [0.717, 1.165) is 0 Å². The number of halogens is 1. The molecule has 0 spiro atoms. The lowest BCUT2D eigenvalue weighted by Gasteiger charge is -2.19. The highest BCUT2D eigenvalue weighted by Crippen LogP contribution is 2.16. The molecule has 92 valence electrons. The van der Waals surface area contributed by atoms with Crippen molar-refractivity contribution < 1.29 is 14.3 Å². The number of amides is 1. The van der Waals surface area contributed by atoms with Gasteiger partial charge in [0.15, 0.2) is 6.29 Å². The molecular formula is C11H13BrN2O3. The van der Waals surface area contributed by atoms with Gasteiger partial charge in [-0.25, -0.2) is 9.78 Å². The van der Waals surface area contributed by atoms with Crippen molar-refractivity contribution in [3.8, 4) is 0 Å². The maximum Gasteiger partial charge on any atom is 0.413 e. The van der Waals surface area contributed by atoms with Crippen LogP contribution in [0.2, 0.25) is 0 Å². The van der Waals surface area contributed by atoms with Crippen LogP contribution in [0.25, 0.3) is 0 Å². The molecule has 0 aliphatic heterocycles. The third-order valence-corrected chi connectivity index (χ3v) is 2.27. The Bertz CT molecular complexity index is 441. The quantitative estimate of drug-likeness (QED) is 0.673. The Labute approximate surface area is 108 Å². The number of aromatic nitrogens is 1. The second-order valence-corrected chi connectivity index (χ2v) is 5.07. The maximum absolute atomic E-state index is 11.4. The second kappa shape index (κ2) is 5.27. The predicted molar refractivity (Wildman–Crippen MR) is 67.2 cm³/mol. The number of ether oxygens (including phenoxy) is 1. The van der Waals surface area contributed by atoms with E-state index in [2.05, 4.69) is 26.2 Å². The van der Waals surface area contributed by atoms with E-state index < -0.39 is 11.7 Å². The number of carbonyl (C=O) groups is 2. The van der Waals surface area contributed by atoms with E-state index in [0.29, 0.717) is 22.3 Å². The molecule has 0 aromatic carbocycles. The summed E-state index contributed by atoms with van der Waals surface area (Å²) >= 11 is 3.12. The van der Waals surface area contributed by atoms with Crippen molar-refractivity contribution in [2.75, 3.05) is 5.32 Å². The van der Waals surface area contributed by atoms with Gasteiger partial charge in [-0.2, -0.15) is 0 Å². The lowest BCUT2D eigenvalue weighted by atomic mass is 10.2. The van der Waals surface area contributed by atoms with Crippen LogP contribution in [0.5, 0.6) is 0 Å². The van der Waals surface area contributed by atoms with Crippen LogP contribution in [0.4, 0.5) is 10.6 Å². The smallest absolute Gasteiger partial charge is 0.413 e. The molecule has 0 atom stereocenters. The third-order valence-electron chi connectivity index (χ3n) is 1.63. The van der Waals surface area contributed by atoms with Crippen molar-refractivity contribution >= 4 is 34.1 Å². The van der Waals surface area contributed by atoms with Crippen LogP contribution < -0.4 is 5.32 Å². The number of aldehydes is 1. The van der Waals surface area contributed by atoms with Crippen molar-refractivity contribution in [1.29, 1.82) is 0 Å². The van der Waals surface area contributed by atoms with Crippen LogP contribution >= 0.6 is 15.9 Å². The molecule has 1 rings (SSSR count). The topological polar surface area (TPSA) is 68.3 Å². The average Bonchev–Trinajstić information content (AvgIpc) is 2.14. The zero-order valence-electron chi connectivity index (χ0n) is 9.78. The molecule has 0 aliphatic carbocycles. The lowest BCUT2D eigenvalue weighted by Crippen LogP contribution is -2.27. The van der Waals surface area contributed by atoms with Gasteiger partial charge in [0.2, 0.25) is 0 Å². The number of carbonyl (C=O) groups excluding carboxylic acids is 2. The van der Waals surface area contributed by atoms with Gasteiger partial charge in [-0.05, 0) is 48.8 Å². The van der Waals surface area contributed by atoms with Crippen molar-refractivity contribution in [2.45, 2.75) is 26.4 Å². The highest BCUT2D eigenvalue weighted by molar-refractivity contribution is 9.10. The Kier molecular flexibility index (Phi) is 4.22. The van der Waals surface area contributed by atoms with Crippen LogP contribution in [-0.4, -0.2) is 23.0 Å². The summed E-state index contributed by atoms with van der Waals surface area (Å²) in [6, 6.07) is 3.08. The molecular weight excluding hydrogens is 288 g/mol. The molecule has 1 N–H and O–H groups in total. The van der Waals surface area contributed by atoms with Crippen molar-refractivity contribution in [3.63, 3.8) is 0 Å². The number of hydrogen-bond donors (Lipinski definition) is 1. The zero-order chi connectivity index (χ0) is 13.1. The number of hydrogen-bond acceptors (Lipinski definition) is 4. The largest absolute Gasteiger partial charge is 0.444 e. The van der Waals surface area contributed by atoms with Gasteiger partial charge in [0.25, 0.3) is 0 Å². The van der Waals surface area contributed by atoms with Crippen molar-refractivity contribution in [1.82, 2.24) is 4.98 Å². The maximum atomic E-state index is 11.4. The van der Waals surface area contributed by atoms with Gasteiger partial charge in [-0.15, -0.1) is 0 Å². The molecule has 1 aromatic heterocycles. The van der Waals surface area contributed by atoms with E-state index in [1.807, 2.05) is 0 Å². The third kappa shape index (κ3) is 4.52. The zero-order valence-corrected chi connectivity index (χ0v) is 11.4. The molecule has 6 heteroatoms. The summed E-state index contributed by atoms with van der Waals surface area (Å²) in [4.78, 5) is 26.0. The monoisotopic (exact) mass is 300 g/mol. The van der Waals surface area contributed by atoms with Gasteiger partial charge < -0.3 is 4.74 Å². The van der Waals surface area contributed by atoms with Gasteiger partial charge in [-0.1, -0.05) is 0 Å². The van der Waals surface area contributed by atoms with E-state index in [9.17, 15) is 9.59 Å². The first-order valence-electron chi connectivity index (χ1n) is 4.93. The van der Waals surface area contributed by atoms with Crippen LogP contribution in [0, 0.1) is 0 Å². The number of nitrogens with zero attached hydrogens (tertiary/aromatic N) is 1. The van der Waals surface area contributed by atoms with Gasteiger partial charge in [0.1, 0.15) is 16.0 Å². The summed E-state index contributed by atoms with van der Waals surface area (Å²) < 4.78 is 5.44. The van der Waals surface area contributed by atoms with E-state index in [-0.39, 0.29) is 0 Å². The minimum Gasteiger partial charge on any atom is -0.444 e. The Morgan fingerprint density at radius 2 is 2.12 bits per heavy atom. The van der Waals surface area contributed by atoms with Crippen LogP contribution in [0.3, 0.4) is 0 Å². The molecule has 1 aromatic rings. The van der Waals surface area contributed by atoms with E-state index >= 15 is 0 Å². The molecule has 1 amide bonds. The molecule has 5 nitrogen and oxygen atoms in total. The first-order valence-corrected chi connectivity index (χ1v) is 5.73. The van der Waals surface area contributed by atoms with Gasteiger partial charge in [-0.3, -0.25) is 10.1 Å². The number of rotatable bonds is 2. The van der Waals surface area contributed by atoms with E-state index in [4.69, 9.17) is 4.74 Å². The molecule has 0 saturated heterocycles. The van der Waals surface area contributed by atoms with Gasteiger partial charge in [0, 0.05) is 5.56 Å². The molecule has 0 aliphatic rings.